The summed E-state index contributed by atoms with van der Waals surface area (Å²) in [4.78, 5) is 2.08. The predicted octanol–water partition coefficient (Wildman–Crippen LogP) is 1.27. The highest BCUT2D eigenvalue weighted by atomic mass is 16.5. The van der Waals surface area contributed by atoms with Gasteiger partial charge in [-0.05, 0) is 31.8 Å². The summed E-state index contributed by atoms with van der Waals surface area (Å²) in [5, 5.41) is 0. The van der Waals surface area contributed by atoms with Gasteiger partial charge in [-0.1, -0.05) is 6.07 Å². The molecule has 0 saturated carbocycles. The van der Waals surface area contributed by atoms with Crippen LogP contribution in [0.1, 0.15) is 11.6 Å². The van der Waals surface area contributed by atoms with Crippen molar-refractivity contribution in [2.75, 3.05) is 34.9 Å². The van der Waals surface area contributed by atoms with Gasteiger partial charge < -0.3 is 20.1 Å². The average Bonchev–Trinajstić information content (AvgIpc) is 2.29. The number of nitrogens with zero attached hydrogens (tertiary/aromatic N) is 1. The van der Waals surface area contributed by atoms with Gasteiger partial charge in [-0.3, -0.25) is 0 Å². The second-order valence-electron chi connectivity index (χ2n) is 3.83. The molecule has 0 fully saturated rings. The normalized spacial score (nSPS) is 12.6. The molecule has 0 amide bonds. The molecule has 4 heteroatoms. The van der Waals surface area contributed by atoms with Crippen LogP contribution in [0.5, 0.6) is 11.5 Å². The first kappa shape index (κ1) is 12.8. The van der Waals surface area contributed by atoms with Crippen molar-refractivity contribution in [3.8, 4) is 11.5 Å². The maximum absolute atomic E-state index is 5.75. The van der Waals surface area contributed by atoms with E-state index in [9.17, 15) is 0 Å². The molecule has 0 aliphatic heterocycles. The Bertz CT molecular complexity index is 340. The highest BCUT2D eigenvalue weighted by molar-refractivity contribution is 5.43. The van der Waals surface area contributed by atoms with E-state index in [1.807, 2.05) is 32.3 Å². The molecule has 0 aliphatic rings. The Morgan fingerprint density at radius 2 is 1.81 bits per heavy atom. The number of hydrogen-bond acceptors (Lipinski definition) is 4. The second kappa shape index (κ2) is 5.72. The lowest BCUT2D eigenvalue weighted by Gasteiger charge is -2.23. The van der Waals surface area contributed by atoms with Crippen LogP contribution >= 0.6 is 0 Å². The predicted molar refractivity (Wildman–Crippen MR) is 65.0 cm³/mol. The van der Waals surface area contributed by atoms with Crippen molar-refractivity contribution in [3.05, 3.63) is 23.8 Å². The fraction of sp³-hybridized carbons (Fsp3) is 0.500. The Morgan fingerprint density at radius 3 is 2.25 bits per heavy atom. The van der Waals surface area contributed by atoms with Crippen LogP contribution in [0.25, 0.3) is 0 Å². The molecule has 0 heterocycles. The quantitative estimate of drug-likeness (QED) is 0.818. The molecule has 0 spiro atoms. The highest BCUT2D eigenvalue weighted by Gasteiger charge is 2.14. The standard InChI is InChI=1S/C12H20N2O2/c1-14(2)10(8-13)9-5-6-11(15-3)12(7-9)16-4/h5-7,10H,8,13H2,1-4H3. The first-order chi connectivity index (χ1) is 7.63. The Morgan fingerprint density at radius 1 is 1.19 bits per heavy atom. The summed E-state index contributed by atoms with van der Waals surface area (Å²) in [6.45, 7) is 0.572. The minimum Gasteiger partial charge on any atom is -0.493 e. The van der Waals surface area contributed by atoms with E-state index >= 15 is 0 Å². The van der Waals surface area contributed by atoms with Gasteiger partial charge in [0.2, 0.25) is 0 Å². The van der Waals surface area contributed by atoms with E-state index in [1.165, 1.54) is 0 Å². The van der Waals surface area contributed by atoms with E-state index in [1.54, 1.807) is 14.2 Å². The van der Waals surface area contributed by atoms with Crippen LogP contribution in [-0.2, 0) is 0 Å². The SMILES string of the molecule is COc1ccc(C(CN)N(C)C)cc1OC. The van der Waals surface area contributed by atoms with E-state index < -0.39 is 0 Å². The lowest BCUT2D eigenvalue weighted by atomic mass is 10.1. The molecule has 1 aromatic rings. The minimum absolute atomic E-state index is 0.194. The summed E-state index contributed by atoms with van der Waals surface area (Å²) < 4.78 is 10.5. The lowest BCUT2D eigenvalue weighted by Crippen LogP contribution is -2.27. The number of benzene rings is 1. The number of rotatable bonds is 5. The van der Waals surface area contributed by atoms with E-state index in [0.29, 0.717) is 6.54 Å². The van der Waals surface area contributed by atoms with E-state index in [4.69, 9.17) is 15.2 Å². The van der Waals surface area contributed by atoms with Crippen molar-refractivity contribution in [1.29, 1.82) is 0 Å². The topological polar surface area (TPSA) is 47.7 Å². The molecule has 90 valence electrons. The van der Waals surface area contributed by atoms with Crippen molar-refractivity contribution in [2.45, 2.75) is 6.04 Å². The molecule has 1 unspecified atom stereocenters. The van der Waals surface area contributed by atoms with Gasteiger partial charge in [-0.15, -0.1) is 0 Å². The molecule has 0 saturated heterocycles. The maximum atomic E-state index is 5.75. The van der Waals surface area contributed by atoms with Crippen LogP contribution in [0, 0.1) is 0 Å². The summed E-state index contributed by atoms with van der Waals surface area (Å²) in [5.41, 5.74) is 6.88. The molecule has 1 atom stereocenters. The van der Waals surface area contributed by atoms with Gasteiger partial charge in [0.05, 0.1) is 14.2 Å². The Balaban J connectivity index is 3.06. The zero-order valence-corrected chi connectivity index (χ0v) is 10.4. The molecule has 0 aromatic heterocycles. The van der Waals surface area contributed by atoms with Crippen LogP contribution in [0.4, 0.5) is 0 Å². The smallest absolute Gasteiger partial charge is 0.161 e. The molecule has 1 rings (SSSR count). The highest BCUT2D eigenvalue weighted by Crippen LogP contribution is 2.30. The summed E-state index contributed by atoms with van der Waals surface area (Å²) in [7, 11) is 7.28. The van der Waals surface area contributed by atoms with Gasteiger partial charge >= 0.3 is 0 Å². The summed E-state index contributed by atoms with van der Waals surface area (Å²) >= 11 is 0. The Hall–Kier alpha value is -1.26. The Labute approximate surface area is 96.9 Å². The van der Waals surface area contributed by atoms with E-state index in [-0.39, 0.29) is 6.04 Å². The second-order valence-corrected chi connectivity index (χ2v) is 3.83. The fourth-order valence-corrected chi connectivity index (χ4v) is 1.71. The first-order valence-electron chi connectivity index (χ1n) is 5.22. The van der Waals surface area contributed by atoms with Crippen molar-refractivity contribution in [3.63, 3.8) is 0 Å². The maximum Gasteiger partial charge on any atom is 0.161 e. The Kier molecular flexibility index (Phi) is 4.58. The van der Waals surface area contributed by atoms with Crippen molar-refractivity contribution in [2.24, 2.45) is 5.73 Å². The summed E-state index contributed by atoms with van der Waals surface area (Å²) in [6, 6.07) is 6.08. The van der Waals surface area contributed by atoms with Gasteiger partial charge in [-0.25, -0.2) is 0 Å². The van der Waals surface area contributed by atoms with Crippen molar-refractivity contribution >= 4 is 0 Å². The van der Waals surface area contributed by atoms with Crippen LogP contribution in [-0.4, -0.2) is 39.8 Å². The monoisotopic (exact) mass is 224 g/mol. The number of nitrogens with two attached hydrogens (primary N) is 1. The molecule has 0 radical (unpaired) electrons. The number of ether oxygens (including phenoxy) is 2. The fourth-order valence-electron chi connectivity index (χ4n) is 1.71. The number of likely N-dealkylation sites (N-methyl/N-ethyl adjacent to an activating group) is 1. The van der Waals surface area contributed by atoms with E-state index in [0.717, 1.165) is 17.1 Å². The van der Waals surface area contributed by atoms with Crippen molar-refractivity contribution in [1.82, 2.24) is 4.90 Å². The molecule has 4 nitrogen and oxygen atoms in total. The zero-order chi connectivity index (χ0) is 12.1. The van der Waals surface area contributed by atoms with Gasteiger partial charge in [0, 0.05) is 12.6 Å². The minimum atomic E-state index is 0.194. The molecule has 2 N–H and O–H groups in total. The third kappa shape index (κ3) is 2.65. The molecular formula is C12H20N2O2. The average molecular weight is 224 g/mol. The molecule has 16 heavy (non-hydrogen) atoms. The first-order valence-corrected chi connectivity index (χ1v) is 5.22. The van der Waals surface area contributed by atoms with Gasteiger partial charge in [0.15, 0.2) is 11.5 Å². The van der Waals surface area contributed by atoms with Gasteiger partial charge in [0.1, 0.15) is 0 Å². The zero-order valence-electron chi connectivity index (χ0n) is 10.4. The largest absolute Gasteiger partial charge is 0.493 e. The van der Waals surface area contributed by atoms with Crippen LogP contribution in [0.2, 0.25) is 0 Å². The van der Waals surface area contributed by atoms with Crippen LogP contribution < -0.4 is 15.2 Å². The third-order valence-electron chi connectivity index (χ3n) is 2.64. The van der Waals surface area contributed by atoms with Crippen molar-refractivity contribution < 1.29 is 9.47 Å². The number of hydrogen-bond donors (Lipinski definition) is 1. The summed E-state index contributed by atoms with van der Waals surface area (Å²) in [6.07, 6.45) is 0. The van der Waals surface area contributed by atoms with Crippen LogP contribution in [0.3, 0.4) is 0 Å². The molecule has 0 bridgehead atoms. The van der Waals surface area contributed by atoms with Gasteiger partial charge in [0.25, 0.3) is 0 Å². The van der Waals surface area contributed by atoms with Gasteiger partial charge in [-0.2, -0.15) is 0 Å². The molecular weight excluding hydrogens is 204 g/mol. The van der Waals surface area contributed by atoms with E-state index in [2.05, 4.69) is 4.90 Å². The van der Waals surface area contributed by atoms with Crippen LogP contribution in [0.15, 0.2) is 18.2 Å². The number of methoxy groups -OCH3 is 2. The lowest BCUT2D eigenvalue weighted by molar-refractivity contribution is 0.303. The summed E-state index contributed by atoms with van der Waals surface area (Å²) in [5.74, 6) is 1.47. The molecule has 0 aliphatic carbocycles. The molecule has 1 aromatic carbocycles. The third-order valence-corrected chi connectivity index (χ3v) is 2.64.